The van der Waals surface area contributed by atoms with E-state index in [-0.39, 0.29) is 0 Å². The Bertz CT molecular complexity index is 405. The number of aryl methyl sites for hydroxylation is 1. The number of hydrogen-bond acceptors (Lipinski definition) is 3. The second kappa shape index (κ2) is 5.72. The molecule has 0 spiro atoms. The van der Waals surface area contributed by atoms with Gasteiger partial charge in [-0.1, -0.05) is 18.2 Å². The van der Waals surface area contributed by atoms with Gasteiger partial charge < -0.3 is 15.8 Å². The zero-order valence-corrected chi connectivity index (χ0v) is 11.6. The first-order chi connectivity index (χ1) is 8.67. The van der Waals surface area contributed by atoms with Gasteiger partial charge in [-0.3, -0.25) is 0 Å². The number of methoxy groups -OCH3 is 1. The average Bonchev–Trinajstić information content (AvgIpc) is 2.38. The lowest BCUT2D eigenvalue weighted by molar-refractivity contribution is 0.278. The first-order valence-electron chi connectivity index (χ1n) is 6.74. The second-order valence-corrected chi connectivity index (χ2v) is 5.34. The van der Waals surface area contributed by atoms with Gasteiger partial charge in [-0.25, -0.2) is 0 Å². The van der Waals surface area contributed by atoms with E-state index in [0.717, 1.165) is 25.3 Å². The van der Waals surface area contributed by atoms with Gasteiger partial charge in [0.2, 0.25) is 0 Å². The number of piperidine rings is 1. The second-order valence-electron chi connectivity index (χ2n) is 5.34. The molecule has 1 heterocycles. The van der Waals surface area contributed by atoms with Crippen LogP contribution in [-0.4, -0.2) is 26.2 Å². The molecular formula is C15H24N2O. The quantitative estimate of drug-likeness (QED) is 0.860. The van der Waals surface area contributed by atoms with Gasteiger partial charge >= 0.3 is 0 Å². The van der Waals surface area contributed by atoms with E-state index in [1.807, 2.05) is 0 Å². The maximum absolute atomic E-state index is 5.93. The maximum Gasteiger partial charge on any atom is 0.125 e. The van der Waals surface area contributed by atoms with Crippen molar-refractivity contribution in [3.05, 3.63) is 29.3 Å². The van der Waals surface area contributed by atoms with Crippen LogP contribution in [-0.2, 0) is 0 Å². The van der Waals surface area contributed by atoms with Crippen molar-refractivity contribution in [1.82, 2.24) is 5.32 Å². The van der Waals surface area contributed by atoms with Gasteiger partial charge in [0.1, 0.15) is 5.75 Å². The monoisotopic (exact) mass is 248 g/mol. The Hall–Kier alpha value is -1.06. The summed E-state index contributed by atoms with van der Waals surface area (Å²) in [6.45, 7) is 6.06. The maximum atomic E-state index is 5.93. The van der Waals surface area contributed by atoms with E-state index in [1.165, 1.54) is 11.1 Å². The van der Waals surface area contributed by atoms with Crippen LogP contribution < -0.4 is 15.8 Å². The number of benzene rings is 1. The Morgan fingerprint density at radius 2 is 2.22 bits per heavy atom. The zero-order valence-electron chi connectivity index (χ0n) is 11.6. The predicted octanol–water partition coefficient (Wildman–Crippen LogP) is 2.04. The van der Waals surface area contributed by atoms with Crippen molar-refractivity contribution in [3.8, 4) is 5.75 Å². The molecule has 3 atom stereocenters. The molecule has 2 rings (SSSR count). The number of ether oxygens (including phenoxy) is 1. The Balaban J connectivity index is 2.36. The van der Waals surface area contributed by atoms with Crippen molar-refractivity contribution in [2.75, 3.05) is 20.2 Å². The third kappa shape index (κ3) is 2.52. The summed E-state index contributed by atoms with van der Waals surface area (Å²) >= 11 is 0. The molecule has 1 aromatic rings. The largest absolute Gasteiger partial charge is 0.496 e. The van der Waals surface area contributed by atoms with Gasteiger partial charge in [0.25, 0.3) is 0 Å². The lowest BCUT2D eigenvalue weighted by Crippen LogP contribution is -2.44. The molecule has 1 aromatic carbocycles. The minimum Gasteiger partial charge on any atom is -0.496 e. The SMILES string of the molecule is COc1c(C)cccc1C1CC(C)NCC1CN. The molecule has 3 N–H and O–H groups in total. The summed E-state index contributed by atoms with van der Waals surface area (Å²) in [4.78, 5) is 0. The van der Waals surface area contributed by atoms with Gasteiger partial charge in [0.05, 0.1) is 7.11 Å². The molecule has 3 heteroatoms. The van der Waals surface area contributed by atoms with Crippen LogP contribution in [0.15, 0.2) is 18.2 Å². The molecule has 1 fully saturated rings. The molecule has 1 aliphatic rings. The Morgan fingerprint density at radius 3 is 2.89 bits per heavy atom. The standard InChI is InChI=1S/C15H24N2O/c1-10-5-4-6-13(15(10)18-3)14-7-11(2)17-9-12(14)8-16/h4-6,11-12,14,17H,7-9,16H2,1-3H3. The van der Waals surface area contributed by atoms with E-state index < -0.39 is 0 Å². The molecular weight excluding hydrogens is 224 g/mol. The van der Waals surface area contributed by atoms with E-state index in [9.17, 15) is 0 Å². The molecule has 0 radical (unpaired) electrons. The Kier molecular flexibility index (Phi) is 4.25. The first kappa shape index (κ1) is 13.4. The van der Waals surface area contributed by atoms with Crippen LogP contribution in [0.1, 0.15) is 30.4 Å². The van der Waals surface area contributed by atoms with E-state index >= 15 is 0 Å². The van der Waals surface area contributed by atoms with E-state index in [0.29, 0.717) is 17.9 Å². The van der Waals surface area contributed by atoms with E-state index in [1.54, 1.807) is 7.11 Å². The molecule has 1 saturated heterocycles. The van der Waals surface area contributed by atoms with Crippen molar-refractivity contribution in [3.63, 3.8) is 0 Å². The zero-order chi connectivity index (χ0) is 13.1. The molecule has 0 aromatic heterocycles. The minimum absolute atomic E-state index is 0.497. The first-order valence-corrected chi connectivity index (χ1v) is 6.74. The number of rotatable bonds is 3. The van der Waals surface area contributed by atoms with Crippen LogP contribution in [0, 0.1) is 12.8 Å². The molecule has 0 saturated carbocycles. The summed E-state index contributed by atoms with van der Waals surface area (Å²) in [5, 5.41) is 3.51. The van der Waals surface area contributed by atoms with Crippen molar-refractivity contribution >= 4 is 0 Å². The van der Waals surface area contributed by atoms with E-state index in [4.69, 9.17) is 10.5 Å². The van der Waals surface area contributed by atoms with Crippen LogP contribution >= 0.6 is 0 Å². The molecule has 0 bridgehead atoms. The third-order valence-corrected chi connectivity index (χ3v) is 4.05. The van der Waals surface area contributed by atoms with Crippen LogP contribution in [0.25, 0.3) is 0 Å². The van der Waals surface area contributed by atoms with Crippen molar-refractivity contribution in [2.45, 2.75) is 32.2 Å². The molecule has 3 unspecified atom stereocenters. The van der Waals surface area contributed by atoms with Gasteiger partial charge in [-0.15, -0.1) is 0 Å². The Labute approximate surface area is 110 Å². The highest BCUT2D eigenvalue weighted by Gasteiger charge is 2.30. The number of hydrogen-bond donors (Lipinski definition) is 2. The molecule has 0 aliphatic carbocycles. The van der Waals surface area contributed by atoms with Crippen molar-refractivity contribution in [1.29, 1.82) is 0 Å². The van der Waals surface area contributed by atoms with Crippen LogP contribution in [0.4, 0.5) is 0 Å². The highest BCUT2D eigenvalue weighted by molar-refractivity contribution is 5.43. The fourth-order valence-corrected chi connectivity index (χ4v) is 3.03. The molecule has 3 nitrogen and oxygen atoms in total. The van der Waals surface area contributed by atoms with Crippen LogP contribution in [0.3, 0.4) is 0 Å². The summed E-state index contributed by atoms with van der Waals surface area (Å²) in [5.41, 5.74) is 8.45. The lowest BCUT2D eigenvalue weighted by Gasteiger charge is -2.36. The summed E-state index contributed by atoms with van der Waals surface area (Å²) in [6.07, 6.45) is 1.13. The number of nitrogens with one attached hydrogen (secondary N) is 1. The average molecular weight is 248 g/mol. The molecule has 1 aliphatic heterocycles. The predicted molar refractivity (Wildman–Crippen MR) is 75.1 cm³/mol. The summed E-state index contributed by atoms with van der Waals surface area (Å²) in [5.74, 6) is 2.04. The summed E-state index contributed by atoms with van der Waals surface area (Å²) in [6, 6.07) is 6.96. The van der Waals surface area contributed by atoms with Gasteiger partial charge in [-0.05, 0) is 56.3 Å². The molecule has 100 valence electrons. The van der Waals surface area contributed by atoms with Crippen molar-refractivity contribution in [2.24, 2.45) is 11.7 Å². The van der Waals surface area contributed by atoms with Gasteiger partial charge in [-0.2, -0.15) is 0 Å². The fourth-order valence-electron chi connectivity index (χ4n) is 3.03. The lowest BCUT2D eigenvalue weighted by atomic mass is 9.78. The van der Waals surface area contributed by atoms with Crippen LogP contribution in [0.2, 0.25) is 0 Å². The number of para-hydroxylation sites is 1. The van der Waals surface area contributed by atoms with Gasteiger partial charge in [0, 0.05) is 6.04 Å². The Morgan fingerprint density at radius 1 is 1.44 bits per heavy atom. The minimum atomic E-state index is 0.497. The van der Waals surface area contributed by atoms with E-state index in [2.05, 4.69) is 37.4 Å². The van der Waals surface area contributed by atoms with Crippen LogP contribution in [0.5, 0.6) is 5.75 Å². The van der Waals surface area contributed by atoms with Crippen molar-refractivity contribution < 1.29 is 4.74 Å². The number of nitrogens with two attached hydrogens (primary N) is 1. The highest BCUT2D eigenvalue weighted by Crippen LogP contribution is 2.38. The summed E-state index contributed by atoms with van der Waals surface area (Å²) in [7, 11) is 1.76. The normalized spacial score (nSPS) is 28.1. The smallest absolute Gasteiger partial charge is 0.125 e. The highest BCUT2D eigenvalue weighted by atomic mass is 16.5. The summed E-state index contributed by atoms with van der Waals surface area (Å²) < 4.78 is 5.60. The topological polar surface area (TPSA) is 47.3 Å². The fraction of sp³-hybridized carbons (Fsp3) is 0.600. The van der Waals surface area contributed by atoms with Gasteiger partial charge in [0.15, 0.2) is 0 Å². The molecule has 18 heavy (non-hydrogen) atoms. The molecule has 0 amide bonds. The third-order valence-electron chi connectivity index (χ3n) is 4.05.